The predicted octanol–water partition coefficient (Wildman–Crippen LogP) is 13.8. The molecule has 2 heteroatoms. The van der Waals surface area contributed by atoms with Gasteiger partial charge in [-0.15, -0.1) is 11.3 Å². The maximum atomic E-state index is 2.41. The lowest BCUT2D eigenvalue weighted by atomic mass is 9.96. The first-order valence-corrected chi connectivity index (χ1v) is 17.2. The number of benzene rings is 9. The van der Waals surface area contributed by atoms with E-state index in [-0.39, 0.29) is 0 Å². The predicted molar refractivity (Wildman–Crippen MR) is 209 cm³/mol. The van der Waals surface area contributed by atoms with Crippen molar-refractivity contribution in [2.45, 2.75) is 0 Å². The molecule has 0 amide bonds. The number of thiophene rings is 1. The molecular weight excluding hydrogens is 599 g/mol. The lowest BCUT2D eigenvalue weighted by Crippen LogP contribution is -2.11. The first-order chi connectivity index (χ1) is 23.8. The molecule has 0 radical (unpaired) electrons. The van der Waals surface area contributed by atoms with Gasteiger partial charge in [0.2, 0.25) is 0 Å². The van der Waals surface area contributed by atoms with E-state index in [1.165, 1.54) is 85.8 Å². The van der Waals surface area contributed by atoms with E-state index < -0.39 is 0 Å². The fraction of sp³-hybridized carbons (Fsp3) is 0. The molecule has 1 heterocycles. The third kappa shape index (κ3) is 4.24. The zero-order valence-corrected chi connectivity index (χ0v) is 26.9. The van der Waals surface area contributed by atoms with Crippen LogP contribution in [0.4, 0.5) is 17.1 Å². The molecule has 10 aromatic rings. The van der Waals surface area contributed by atoms with Gasteiger partial charge in [-0.1, -0.05) is 140 Å². The van der Waals surface area contributed by atoms with Crippen LogP contribution >= 0.6 is 11.3 Å². The normalized spacial score (nSPS) is 11.8. The Bertz CT molecular complexity index is 2750. The number of rotatable bonds is 4. The first-order valence-electron chi connectivity index (χ1n) is 16.4. The minimum atomic E-state index is 1.13. The summed E-state index contributed by atoms with van der Waals surface area (Å²) in [6.07, 6.45) is 0. The standard InChI is InChI=1S/C46H29NS/c1-3-13-37-31(9-1)11-7-16-42(37)47(43-17-8-12-32-10-2-4-14-38(32)43)36-25-21-30(22-26-36)34-24-27-39-35(29-34)20-19-33-23-28-41-40-15-5-6-18-44(40)48-46(41)45(33)39/h1-29H. The molecule has 0 unspecified atom stereocenters. The third-order valence-corrected chi connectivity index (χ3v) is 11.0. The van der Waals surface area contributed by atoms with E-state index in [0.29, 0.717) is 0 Å². The van der Waals surface area contributed by atoms with E-state index in [1.54, 1.807) is 0 Å². The van der Waals surface area contributed by atoms with Crippen molar-refractivity contribution in [2.24, 2.45) is 0 Å². The lowest BCUT2D eigenvalue weighted by molar-refractivity contribution is 1.31. The molecule has 48 heavy (non-hydrogen) atoms. The van der Waals surface area contributed by atoms with Crippen LogP contribution in [0.1, 0.15) is 0 Å². The molecule has 0 aliphatic rings. The highest BCUT2D eigenvalue weighted by atomic mass is 32.1. The van der Waals surface area contributed by atoms with Crippen molar-refractivity contribution < 1.29 is 0 Å². The molecule has 0 saturated heterocycles. The molecule has 0 saturated carbocycles. The monoisotopic (exact) mass is 627 g/mol. The van der Waals surface area contributed by atoms with Gasteiger partial charge in [-0.05, 0) is 74.5 Å². The zero-order valence-electron chi connectivity index (χ0n) is 26.1. The maximum absolute atomic E-state index is 2.41. The van der Waals surface area contributed by atoms with Crippen LogP contribution in [-0.4, -0.2) is 0 Å². The van der Waals surface area contributed by atoms with Gasteiger partial charge in [-0.25, -0.2) is 0 Å². The minimum Gasteiger partial charge on any atom is -0.309 e. The number of hydrogen-bond donors (Lipinski definition) is 0. The molecule has 0 N–H and O–H groups in total. The average molecular weight is 628 g/mol. The highest BCUT2D eigenvalue weighted by Gasteiger charge is 2.18. The number of hydrogen-bond acceptors (Lipinski definition) is 2. The summed E-state index contributed by atoms with van der Waals surface area (Å²) in [5, 5.41) is 12.8. The Morgan fingerprint density at radius 2 is 0.917 bits per heavy atom. The van der Waals surface area contributed by atoms with Crippen LogP contribution in [-0.2, 0) is 0 Å². The van der Waals surface area contributed by atoms with Crippen molar-refractivity contribution in [3.63, 3.8) is 0 Å². The summed E-state index contributed by atoms with van der Waals surface area (Å²) >= 11 is 1.90. The van der Waals surface area contributed by atoms with Gasteiger partial charge in [-0.3, -0.25) is 0 Å². The summed E-state index contributed by atoms with van der Waals surface area (Å²) in [6.45, 7) is 0. The molecule has 1 aromatic heterocycles. The molecule has 224 valence electrons. The van der Waals surface area contributed by atoms with Gasteiger partial charge < -0.3 is 4.90 Å². The van der Waals surface area contributed by atoms with Crippen molar-refractivity contribution in [1.82, 2.24) is 0 Å². The Labute approximate surface area is 282 Å². The van der Waals surface area contributed by atoms with Crippen LogP contribution in [0.5, 0.6) is 0 Å². The Morgan fingerprint density at radius 3 is 1.65 bits per heavy atom. The van der Waals surface area contributed by atoms with E-state index in [0.717, 1.165) is 5.69 Å². The largest absolute Gasteiger partial charge is 0.309 e. The molecule has 0 aliphatic carbocycles. The number of anilines is 3. The second-order valence-electron chi connectivity index (χ2n) is 12.5. The van der Waals surface area contributed by atoms with Gasteiger partial charge in [0.25, 0.3) is 0 Å². The summed E-state index contributed by atoms with van der Waals surface area (Å²) in [4.78, 5) is 2.41. The van der Waals surface area contributed by atoms with Gasteiger partial charge in [0.1, 0.15) is 0 Å². The van der Waals surface area contributed by atoms with Crippen LogP contribution in [0.2, 0.25) is 0 Å². The fourth-order valence-corrected chi connectivity index (χ4v) is 8.80. The summed E-state index contributed by atoms with van der Waals surface area (Å²) < 4.78 is 2.72. The molecule has 9 aromatic carbocycles. The summed E-state index contributed by atoms with van der Waals surface area (Å²) in [6, 6.07) is 64.4. The van der Waals surface area contributed by atoms with Gasteiger partial charge in [-0.2, -0.15) is 0 Å². The molecule has 0 fully saturated rings. The van der Waals surface area contributed by atoms with Crippen molar-refractivity contribution in [2.75, 3.05) is 4.90 Å². The van der Waals surface area contributed by atoms with Gasteiger partial charge in [0, 0.05) is 42.0 Å². The maximum Gasteiger partial charge on any atom is 0.0540 e. The average Bonchev–Trinajstić information content (AvgIpc) is 3.54. The van der Waals surface area contributed by atoms with Gasteiger partial charge in [0.05, 0.1) is 11.4 Å². The lowest BCUT2D eigenvalue weighted by Gasteiger charge is -2.28. The second-order valence-corrected chi connectivity index (χ2v) is 13.6. The molecule has 0 bridgehead atoms. The van der Waals surface area contributed by atoms with Crippen molar-refractivity contribution in [3.05, 3.63) is 176 Å². The van der Waals surface area contributed by atoms with Crippen LogP contribution in [0, 0.1) is 0 Å². The Hall–Kier alpha value is -5.96. The molecule has 1 nitrogen and oxygen atoms in total. The Balaban J connectivity index is 1.11. The molecule has 0 atom stereocenters. The van der Waals surface area contributed by atoms with Crippen LogP contribution < -0.4 is 4.90 Å². The SMILES string of the molecule is c1ccc2c(N(c3ccc(-c4ccc5c(ccc6ccc7c8ccccc8sc7c65)c4)cc3)c3cccc4ccccc34)cccc2c1. The highest BCUT2D eigenvalue weighted by molar-refractivity contribution is 7.26. The summed E-state index contributed by atoms with van der Waals surface area (Å²) in [5.74, 6) is 0. The van der Waals surface area contributed by atoms with E-state index in [1.807, 2.05) is 11.3 Å². The summed E-state index contributed by atoms with van der Waals surface area (Å²) in [5.41, 5.74) is 5.89. The van der Waals surface area contributed by atoms with Crippen molar-refractivity contribution in [1.29, 1.82) is 0 Å². The number of nitrogens with zero attached hydrogens (tertiary/aromatic N) is 1. The van der Waals surface area contributed by atoms with E-state index >= 15 is 0 Å². The van der Waals surface area contributed by atoms with E-state index in [4.69, 9.17) is 0 Å². The quantitative estimate of drug-likeness (QED) is 0.176. The Kier molecular flexibility index (Phi) is 6.12. The minimum absolute atomic E-state index is 1.13. The molecule has 0 spiro atoms. The first kappa shape index (κ1) is 27.2. The fourth-order valence-electron chi connectivity index (χ4n) is 7.53. The van der Waals surface area contributed by atoms with Gasteiger partial charge in [0.15, 0.2) is 0 Å². The van der Waals surface area contributed by atoms with E-state index in [9.17, 15) is 0 Å². The zero-order chi connectivity index (χ0) is 31.6. The molecular formula is C46H29NS. The van der Waals surface area contributed by atoms with Crippen LogP contribution in [0.15, 0.2) is 176 Å². The molecule has 10 rings (SSSR count). The van der Waals surface area contributed by atoms with Crippen molar-refractivity contribution in [3.8, 4) is 11.1 Å². The smallest absolute Gasteiger partial charge is 0.0540 e. The van der Waals surface area contributed by atoms with E-state index in [2.05, 4.69) is 181 Å². The number of fused-ring (bicyclic) bond motifs is 9. The van der Waals surface area contributed by atoms with Gasteiger partial charge >= 0.3 is 0 Å². The topological polar surface area (TPSA) is 3.24 Å². The highest BCUT2D eigenvalue weighted by Crippen LogP contribution is 2.44. The summed E-state index contributed by atoms with van der Waals surface area (Å²) in [7, 11) is 0. The van der Waals surface area contributed by atoms with Crippen LogP contribution in [0.3, 0.4) is 0 Å². The Morgan fingerprint density at radius 1 is 0.354 bits per heavy atom. The second kappa shape index (κ2) is 10.8. The third-order valence-electron chi connectivity index (χ3n) is 9.82. The van der Waals surface area contributed by atoms with Crippen LogP contribution in [0.25, 0.3) is 74.4 Å². The van der Waals surface area contributed by atoms with Crippen molar-refractivity contribution >= 4 is 91.7 Å². The molecule has 0 aliphatic heterocycles.